The minimum absolute atomic E-state index is 0.0134. The number of nitrogens with zero attached hydrogens (tertiary/aromatic N) is 1. The van der Waals surface area contributed by atoms with Crippen molar-refractivity contribution in [2.75, 3.05) is 11.9 Å². The van der Waals surface area contributed by atoms with E-state index in [0.717, 1.165) is 17.8 Å². The zero-order chi connectivity index (χ0) is 20.1. The molecule has 0 radical (unpaired) electrons. The average Bonchev–Trinajstić information content (AvgIpc) is 3.17. The highest BCUT2D eigenvalue weighted by Crippen LogP contribution is 2.25. The van der Waals surface area contributed by atoms with Gasteiger partial charge in [0.2, 0.25) is 5.91 Å². The predicted octanol–water partition coefficient (Wildman–Crippen LogP) is 4.68. The van der Waals surface area contributed by atoms with Gasteiger partial charge in [-0.15, -0.1) is 0 Å². The largest absolute Gasteiger partial charge is 0.351 e. The van der Waals surface area contributed by atoms with E-state index in [2.05, 4.69) is 10.6 Å². The Balaban J connectivity index is 1.59. The third kappa shape index (κ3) is 4.91. The van der Waals surface area contributed by atoms with Gasteiger partial charge in [-0.3, -0.25) is 9.59 Å². The Morgan fingerprint density at radius 2 is 1.79 bits per heavy atom. The lowest BCUT2D eigenvalue weighted by molar-refractivity contribution is -0.116. The van der Waals surface area contributed by atoms with Crippen LogP contribution in [0.5, 0.6) is 0 Å². The van der Waals surface area contributed by atoms with Gasteiger partial charge in [0.1, 0.15) is 5.82 Å². The molecule has 1 aromatic heterocycles. The third-order valence-corrected chi connectivity index (χ3v) is 4.48. The van der Waals surface area contributed by atoms with E-state index in [1.807, 2.05) is 29.1 Å². The number of anilines is 1. The summed E-state index contributed by atoms with van der Waals surface area (Å²) >= 11 is 11.9. The molecule has 0 aliphatic carbocycles. The van der Waals surface area contributed by atoms with Crippen molar-refractivity contribution in [1.29, 1.82) is 0 Å². The molecule has 1 heterocycles. The van der Waals surface area contributed by atoms with Crippen LogP contribution < -0.4 is 10.6 Å². The maximum atomic E-state index is 13.1. The summed E-state index contributed by atoms with van der Waals surface area (Å²) in [6, 6.07) is 12.4. The Hall–Kier alpha value is -2.83. The van der Waals surface area contributed by atoms with Crippen LogP contribution >= 0.6 is 23.2 Å². The van der Waals surface area contributed by atoms with Crippen LogP contribution in [-0.4, -0.2) is 22.9 Å². The summed E-state index contributed by atoms with van der Waals surface area (Å²) in [5.74, 6) is -1.28. The second-order valence-electron chi connectivity index (χ2n) is 5.93. The summed E-state index contributed by atoms with van der Waals surface area (Å²) in [5, 5.41) is 5.97. The lowest BCUT2D eigenvalue weighted by Crippen LogP contribution is -2.28. The number of hydrogen-bond donors (Lipinski definition) is 2. The van der Waals surface area contributed by atoms with E-state index < -0.39 is 11.7 Å². The second kappa shape index (κ2) is 8.91. The molecular weight excluding hydrogens is 404 g/mol. The fourth-order valence-corrected chi connectivity index (χ4v) is 3.01. The molecule has 0 bridgehead atoms. The van der Waals surface area contributed by atoms with E-state index in [-0.39, 0.29) is 29.5 Å². The first-order chi connectivity index (χ1) is 13.4. The lowest BCUT2D eigenvalue weighted by atomic mass is 10.2. The van der Waals surface area contributed by atoms with Gasteiger partial charge in [-0.05, 0) is 48.5 Å². The number of amides is 2. The zero-order valence-electron chi connectivity index (χ0n) is 14.6. The predicted molar refractivity (Wildman–Crippen MR) is 108 cm³/mol. The maximum Gasteiger partial charge on any atom is 0.252 e. The van der Waals surface area contributed by atoms with Crippen LogP contribution in [0.2, 0.25) is 10.0 Å². The minimum atomic E-state index is -0.526. The minimum Gasteiger partial charge on any atom is -0.351 e. The highest BCUT2D eigenvalue weighted by Gasteiger charge is 2.13. The maximum absolute atomic E-state index is 13.1. The fraction of sp³-hybridized carbons (Fsp3) is 0.100. The molecule has 2 N–H and O–H groups in total. The van der Waals surface area contributed by atoms with Gasteiger partial charge < -0.3 is 15.2 Å². The zero-order valence-corrected chi connectivity index (χ0v) is 16.1. The Bertz CT molecular complexity index is 1010. The van der Waals surface area contributed by atoms with Crippen molar-refractivity contribution >= 4 is 40.7 Å². The number of halogens is 3. The van der Waals surface area contributed by atoms with Crippen LogP contribution in [0.3, 0.4) is 0 Å². The Labute approximate surface area is 171 Å². The fourth-order valence-electron chi connectivity index (χ4n) is 2.59. The monoisotopic (exact) mass is 419 g/mol. The van der Waals surface area contributed by atoms with E-state index in [1.54, 1.807) is 18.2 Å². The molecule has 0 aliphatic heterocycles. The third-order valence-electron chi connectivity index (χ3n) is 3.93. The Kier molecular flexibility index (Phi) is 6.34. The van der Waals surface area contributed by atoms with E-state index in [9.17, 15) is 14.0 Å². The number of carbonyl (C=O) groups is 2. The molecule has 2 amide bonds. The van der Waals surface area contributed by atoms with Crippen LogP contribution in [0.25, 0.3) is 5.69 Å². The molecule has 2 aromatic carbocycles. The van der Waals surface area contributed by atoms with Crippen LogP contribution in [0, 0.1) is 5.82 Å². The molecule has 8 heteroatoms. The Morgan fingerprint density at radius 1 is 1.04 bits per heavy atom. The average molecular weight is 420 g/mol. The first-order valence-corrected chi connectivity index (χ1v) is 9.15. The highest BCUT2D eigenvalue weighted by molar-refractivity contribution is 6.33. The van der Waals surface area contributed by atoms with Crippen LogP contribution in [0.4, 0.5) is 10.1 Å². The van der Waals surface area contributed by atoms with Crippen LogP contribution in [0.1, 0.15) is 16.8 Å². The Morgan fingerprint density at radius 3 is 2.50 bits per heavy atom. The SMILES string of the molecule is O=C(CCNC(=O)c1ccc(F)cc1Cl)Nc1ccc(Cl)cc1-n1cccc1. The molecule has 0 saturated carbocycles. The molecule has 144 valence electrons. The highest BCUT2D eigenvalue weighted by atomic mass is 35.5. The lowest BCUT2D eigenvalue weighted by Gasteiger charge is -2.13. The summed E-state index contributed by atoms with van der Waals surface area (Å²) in [4.78, 5) is 24.4. The standard InChI is InChI=1S/C20H16Cl2FN3O2/c21-13-3-6-17(18(11-13)26-9-1-2-10-26)25-19(27)7-8-24-20(28)15-5-4-14(23)12-16(15)22/h1-6,9-12H,7-8H2,(H,24,28)(H,25,27). The molecule has 28 heavy (non-hydrogen) atoms. The van der Waals surface area contributed by atoms with Gasteiger partial charge in [0, 0.05) is 30.4 Å². The summed E-state index contributed by atoms with van der Waals surface area (Å²) in [6.45, 7) is 0.102. The van der Waals surface area contributed by atoms with Gasteiger partial charge >= 0.3 is 0 Å². The second-order valence-corrected chi connectivity index (χ2v) is 6.77. The van der Waals surface area contributed by atoms with Crippen molar-refractivity contribution in [2.24, 2.45) is 0 Å². The van der Waals surface area contributed by atoms with E-state index in [1.165, 1.54) is 6.07 Å². The van der Waals surface area contributed by atoms with Crippen molar-refractivity contribution in [3.63, 3.8) is 0 Å². The normalized spacial score (nSPS) is 10.5. The number of rotatable bonds is 6. The van der Waals surface area contributed by atoms with Gasteiger partial charge in [0.15, 0.2) is 0 Å². The van der Waals surface area contributed by atoms with E-state index >= 15 is 0 Å². The van der Waals surface area contributed by atoms with Crippen molar-refractivity contribution in [2.45, 2.75) is 6.42 Å². The molecule has 5 nitrogen and oxygen atoms in total. The van der Waals surface area contributed by atoms with Crippen LogP contribution in [0.15, 0.2) is 60.9 Å². The number of hydrogen-bond acceptors (Lipinski definition) is 2. The van der Waals surface area contributed by atoms with Gasteiger partial charge in [-0.2, -0.15) is 0 Å². The first-order valence-electron chi connectivity index (χ1n) is 8.40. The van der Waals surface area contributed by atoms with Gasteiger partial charge in [0.05, 0.1) is 22.0 Å². The topological polar surface area (TPSA) is 63.1 Å². The summed E-state index contributed by atoms with van der Waals surface area (Å²) in [6.07, 6.45) is 3.74. The van der Waals surface area contributed by atoms with Gasteiger partial charge in [-0.1, -0.05) is 23.2 Å². The molecule has 0 atom stereocenters. The quantitative estimate of drug-likeness (QED) is 0.608. The van der Waals surface area contributed by atoms with Gasteiger partial charge in [0.25, 0.3) is 5.91 Å². The summed E-state index contributed by atoms with van der Waals surface area (Å²) < 4.78 is 14.9. The van der Waals surface area contributed by atoms with Crippen molar-refractivity contribution in [1.82, 2.24) is 9.88 Å². The number of carbonyl (C=O) groups excluding carboxylic acids is 2. The van der Waals surface area contributed by atoms with E-state index in [0.29, 0.717) is 10.7 Å². The van der Waals surface area contributed by atoms with Gasteiger partial charge in [-0.25, -0.2) is 4.39 Å². The first kappa shape index (κ1) is 19.9. The molecular formula is C20H16Cl2FN3O2. The number of aromatic nitrogens is 1. The van der Waals surface area contributed by atoms with E-state index in [4.69, 9.17) is 23.2 Å². The van der Waals surface area contributed by atoms with Crippen molar-refractivity contribution in [3.8, 4) is 5.69 Å². The number of benzene rings is 2. The summed E-state index contributed by atoms with van der Waals surface area (Å²) in [5.41, 5.74) is 1.47. The van der Waals surface area contributed by atoms with Crippen LogP contribution in [-0.2, 0) is 4.79 Å². The molecule has 0 unspecified atom stereocenters. The van der Waals surface area contributed by atoms with Crippen molar-refractivity contribution in [3.05, 3.63) is 82.4 Å². The molecule has 3 aromatic rings. The summed E-state index contributed by atoms with van der Waals surface area (Å²) in [7, 11) is 0. The molecule has 0 aliphatic rings. The molecule has 0 saturated heterocycles. The molecule has 0 fully saturated rings. The smallest absolute Gasteiger partial charge is 0.252 e. The molecule has 0 spiro atoms. The van der Waals surface area contributed by atoms with Crippen molar-refractivity contribution < 1.29 is 14.0 Å². The molecule has 3 rings (SSSR count). The number of nitrogens with one attached hydrogen (secondary N) is 2.